The molecule has 0 heterocycles. The maximum absolute atomic E-state index is 11.4. The summed E-state index contributed by atoms with van der Waals surface area (Å²) in [7, 11) is 0. The molecule has 0 fully saturated rings. The molecule has 2 nitrogen and oxygen atoms in total. The molecule has 0 unspecified atom stereocenters. The van der Waals surface area contributed by atoms with Crippen LogP contribution in [-0.4, -0.2) is 5.97 Å². The van der Waals surface area contributed by atoms with Crippen molar-refractivity contribution in [2.75, 3.05) is 0 Å². The Bertz CT molecular complexity index is 367. The van der Waals surface area contributed by atoms with Crippen LogP contribution in [0.1, 0.15) is 38.8 Å². The van der Waals surface area contributed by atoms with Crippen LogP contribution >= 0.6 is 0 Å². The molecule has 0 saturated heterocycles. The van der Waals surface area contributed by atoms with Gasteiger partial charge in [-0.25, -0.2) is 0 Å². The highest BCUT2D eigenvalue weighted by molar-refractivity contribution is 5.71. The lowest BCUT2D eigenvalue weighted by atomic mass is 10.0. The predicted molar refractivity (Wildman–Crippen MR) is 69.6 cm³/mol. The average Bonchev–Trinajstić information content (AvgIpc) is 2.25. The molecule has 0 saturated carbocycles. The van der Waals surface area contributed by atoms with Crippen LogP contribution in [0.2, 0.25) is 0 Å². The van der Waals surface area contributed by atoms with Crippen LogP contribution in [0.5, 0.6) is 0 Å². The smallest absolute Gasteiger partial charge is 0.308 e. The summed E-state index contributed by atoms with van der Waals surface area (Å²) < 4.78 is 5.21. The lowest BCUT2D eigenvalue weighted by molar-refractivity contribution is -0.148. The number of benzene rings is 1. The van der Waals surface area contributed by atoms with Crippen molar-refractivity contribution in [2.24, 2.45) is 11.8 Å². The summed E-state index contributed by atoms with van der Waals surface area (Å²) in [4.78, 5) is 11.4. The molecular weight excluding hydrogens is 212 g/mol. The van der Waals surface area contributed by atoms with Crippen LogP contribution in [0.15, 0.2) is 24.3 Å². The zero-order valence-electron chi connectivity index (χ0n) is 11.2. The molecule has 94 valence electrons. The fourth-order valence-corrected chi connectivity index (χ4v) is 1.64. The first-order valence-corrected chi connectivity index (χ1v) is 6.23. The number of rotatable bonds is 5. The first-order valence-electron chi connectivity index (χ1n) is 6.23. The van der Waals surface area contributed by atoms with E-state index in [1.807, 2.05) is 26.0 Å². The first-order chi connectivity index (χ1) is 7.99. The van der Waals surface area contributed by atoms with E-state index in [2.05, 4.69) is 26.0 Å². The van der Waals surface area contributed by atoms with Crippen molar-refractivity contribution in [3.05, 3.63) is 35.4 Å². The normalized spacial score (nSPS) is 10.9. The van der Waals surface area contributed by atoms with Gasteiger partial charge in [-0.1, -0.05) is 52.0 Å². The third kappa shape index (κ3) is 5.03. The summed E-state index contributed by atoms with van der Waals surface area (Å²) in [6.07, 6.45) is 1.06. The van der Waals surface area contributed by atoms with Crippen molar-refractivity contribution in [3.8, 4) is 0 Å². The fraction of sp³-hybridized carbons (Fsp3) is 0.533. The van der Waals surface area contributed by atoms with Crippen molar-refractivity contribution >= 4 is 5.97 Å². The molecule has 0 amide bonds. The van der Waals surface area contributed by atoms with Crippen molar-refractivity contribution < 1.29 is 9.53 Å². The van der Waals surface area contributed by atoms with Crippen LogP contribution in [0, 0.1) is 11.8 Å². The van der Waals surface area contributed by atoms with E-state index < -0.39 is 0 Å². The van der Waals surface area contributed by atoms with Gasteiger partial charge in [-0.15, -0.1) is 0 Å². The number of esters is 1. The zero-order chi connectivity index (χ0) is 12.8. The molecule has 1 rings (SSSR count). The lowest BCUT2D eigenvalue weighted by Gasteiger charge is -2.09. The number of hydrogen-bond donors (Lipinski definition) is 0. The van der Waals surface area contributed by atoms with E-state index in [1.165, 1.54) is 5.56 Å². The van der Waals surface area contributed by atoms with E-state index in [0.29, 0.717) is 12.5 Å². The summed E-state index contributed by atoms with van der Waals surface area (Å²) in [5.41, 5.74) is 2.37. The minimum absolute atomic E-state index is 0.0613. The second kappa shape index (κ2) is 6.43. The highest BCUT2D eigenvalue weighted by Crippen LogP contribution is 2.12. The molecule has 2 heteroatoms. The summed E-state index contributed by atoms with van der Waals surface area (Å²) in [6.45, 7) is 8.47. The van der Waals surface area contributed by atoms with Gasteiger partial charge in [0.05, 0.1) is 5.92 Å². The third-order valence-corrected chi connectivity index (χ3v) is 2.49. The minimum Gasteiger partial charge on any atom is -0.461 e. The van der Waals surface area contributed by atoms with Crippen LogP contribution in [-0.2, 0) is 22.6 Å². The third-order valence-electron chi connectivity index (χ3n) is 2.49. The minimum atomic E-state index is -0.140. The van der Waals surface area contributed by atoms with Gasteiger partial charge in [0.25, 0.3) is 0 Å². The molecule has 1 aromatic carbocycles. The Kier molecular flexibility index (Phi) is 5.20. The Hall–Kier alpha value is -1.31. The topological polar surface area (TPSA) is 26.3 Å². The fourth-order valence-electron chi connectivity index (χ4n) is 1.64. The first kappa shape index (κ1) is 13.8. The van der Waals surface area contributed by atoms with Gasteiger partial charge < -0.3 is 4.74 Å². The van der Waals surface area contributed by atoms with E-state index in [9.17, 15) is 4.79 Å². The maximum Gasteiger partial charge on any atom is 0.308 e. The van der Waals surface area contributed by atoms with Gasteiger partial charge >= 0.3 is 5.97 Å². The molecule has 0 aliphatic rings. The highest BCUT2D eigenvalue weighted by atomic mass is 16.5. The molecule has 0 N–H and O–H groups in total. The van der Waals surface area contributed by atoms with Gasteiger partial charge in [-0.2, -0.15) is 0 Å². The van der Waals surface area contributed by atoms with Gasteiger partial charge in [0, 0.05) is 0 Å². The summed E-state index contributed by atoms with van der Waals surface area (Å²) in [5.74, 6) is 0.441. The molecule has 0 bridgehead atoms. The van der Waals surface area contributed by atoms with Crippen LogP contribution in [0.4, 0.5) is 0 Å². The Balaban J connectivity index is 2.57. The van der Waals surface area contributed by atoms with E-state index >= 15 is 0 Å². The molecule has 1 aromatic rings. The maximum atomic E-state index is 11.4. The second-order valence-electron chi connectivity index (χ2n) is 5.18. The van der Waals surface area contributed by atoms with Gasteiger partial charge in [-0.05, 0) is 23.5 Å². The lowest BCUT2D eigenvalue weighted by Crippen LogP contribution is -2.11. The molecule has 0 spiro atoms. The molecule has 0 atom stereocenters. The van der Waals surface area contributed by atoms with Crippen molar-refractivity contribution in [1.29, 1.82) is 0 Å². The summed E-state index contributed by atoms with van der Waals surface area (Å²) >= 11 is 0. The second-order valence-corrected chi connectivity index (χ2v) is 5.18. The average molecular weight is 234 g/mol. The number of ether oxygens (including phenoxy) is 1. The van der Waals surface area contributed by atoms with Gasteiger partial charge in [0.15, 0.2) is 0 Å². The van der Waals surface area contributed by atoms with E-state index in [4.69, 9.17) is 4.74 Å². The van der Waals surface area contributed by atoms with Gasteiger partial charge in [0.2, 0.25) is 0 Å². The Morgan fingerprint density at radius 1 is 1.18 bits per heavy atom. The summed E-state index contributed by atoms with van der Waals surface area (Å²) in [5, 5.41) is 0. The van der Waals surface area contributed by atoms with Gasteiger partial charge in [0.1, 0.15) is 6.61 Å². The van der Waals surface area contributed by atoms with Crippen molar-refractivity contribution in [1.82, 2.24) is 0 Å². The standard InChI is InChI=1S/C15H22O2/c1-11(2)8-13-6-5-7-14(9-13)10-17-15(16)12(3)4/h5-7,9,11-12H,8,10H2,1-4H3. The largest absolute Gasteiger partial charge is 0.461 e. The highest BCUT2D eigenvalue weighted by Gasteiger charge is 2.08. The van der Waals surface area contributed by atoms with E-state index in [1.54, 1.807) is 0 Å². The molecule has 17 heavy (non-hydrogen) atoms. The monoisotopic (exact) mass is 234 g/mol. The number of carbonyl (C=O) groups excluding carboxylic acids is 1. The molecule has 0 aliphatic carbocycles. The number of carbonyl (C=O) groups is 1. The quantitative estimate of drug-likeness (QED) is 0.728. The molecule has 0 aliphatic heterocycles. The molecular formula is C15H22O2. The SMILES string of the molecule is CC(C)Cc1cccc(COC(=O)C(C)C)c1. The van der Waals surface area contributed by atoms with Gasteiger partial charge in [-0.3, -0.25) is 4.79 Å². The van der Waals surface area contributed by atoms with E-state index in [-0.39, 0.29) is 11.9 Å². The Morgan fingerprint density at radius 3 is 2.41 bits per heavy atom. The predicted octanol–water partition coefficient (Wildman–Crippen LogP) is 3.58. The molecule has 0 aromatic heterocycles. The number of hydrogen-bond acceptors (Lipinski definition) is 2. The van der Waals surface area contributed by atoms with Crippen LogP contribution < -0.4 is 0 Å². The molecule has 0 radical (unpaired) electrons. The summed E-state index contributed by atoms with van der Waals surface area (Å²) in [6, 6.07) is 8.26. The van der Waals surface area contributed by atoms with E-state index in [0.717, 1.165) is 12.0 Å². The Morgan fingerprint density at radius 2 is 1.82 bits per heavy atom. The Labute approximate surface area is 104 Å². The van der Waals surface area contributed by atoms with Crippen LogP contribution in [0.25, 0.3) is 0 Å². The van der Waals surface area contributed by atoms with Crippen molar-refractivity contribution in [3.63, 3.8) is 0 Å². The zero-order valence-corrected chi connectivity index (χ0v) is 11.2. The van der Waals surface area contributed by atoms with Crippen molar-refractivity contribution in [2.45, 2.75) is 40.7 Å². The van der Waals surface area contributed by atoms with Crippen LogP contribution in [0.3, 0.4) is 0 Å².